The SMILES string of the molecule is CC(=O)OCCNC(=O)[C@H](Cc1ccc(OC(F)(F)F)cc1)NC(=O)c1ccc(OCCC(F)(F)F)cc1. The number of benzene rings is 2. The van der Waals surface area contributed by atoms with Crippen molar-refractivity contribution in [2.45, 2.75) is 38.3 Å². The van der Waals surface area contributed by atoms with E-state index in [0.29, 0.717) is 5.56 Å². The second-order valence-corrected chi connectivity index (χ2v) is 7.79. The Morgan fingerprint density at radius 2 is 1.47 bits per heavy atom. The maximum absolute atomic E-state index is 12.7. The molecule has 14 heteroatoms. The van der Waals surface area contributed by atoms with E-state index in [1.165, 1.54) is 43.3 Å². The van der Waals surface area contributed by atoms with Gasteiger partial charge in [-0.05, 0) is 42.0 Å². The number of esters is 1. The van der Waals surface area contributed by atoms with E-state index in [4.69, 9.17) is 9.47 Å². The smallest absolute Gasteiger partial charge is 0.493 e. The van der Waals surface area contributed by atoms with Gasteiger partial charge in [-0.2, -0.15) is 13.2 Å². The monoisotopic (exact) mass is 550 g/mol. The lowest BCUT2D eigenvalue weighted by Gasteiger charge is -2.19. The Bertz CT molecular complexity index is 1070. The first-order valence-corrected chi connectivity index (χ1v) is 11.1. The third kappa shape index (κ3) is 11.8. The van der Waals surface area contributed by atoms with E-state index in [0.717, 1.165) is 12.1 Å². The average Bonchev–Trinajstić information content (AvgIpc) is 2.81. The minimum atomic E-state index is -4.88. The van der Waals surface area contributed by atoms with Gasteiger partial charge in [-0.3, -0.25) is 14.4 Å². The number of carbonyl (C=O) groups is 3. The standard InChI is InChI=1S/C24H24F6N2O6/c1-15(33)36-13-11-31-22(35)20(14-16-2-6-19(7-3-16)38-24(28,29)30)32-21(34)17-4-8-18(9-5-17)37-12-10-23(25,26)27/h2-9,20H,10-14H2,1H3,(H,31,35)(H,32,34)/t20-/m0/s1. The molecule has 0 aliphatic heterocycles. The van der Waals surface area contributed by atoms with Crippen molar-refractivity contribution in [2.24, 2.45) is 0 Å². The van der Waals surface area contributed by atoms with Gasteiger partial charge in [0.2, 0.25) is 5.91 Å². The molecule has 2 rings (SSSR count). The number of amides is 2. The lowest BCUT2D eigenvalue weighted by Crippen LogP contribution is -2.48. The van der Waals surface area contributed by atoms with Gasteiger partial charge in [-0.1, -0.05) is 12.1 Å². The molecule has 0 spiro atoms. The highest BCUT2D eigenvalue weighted by atomic mass is 19.4. The molecule has 2 amide bonds. The van der Waals surface area contributed by atoms with Crippen LogP contribution in [0.5, 0.6) is 11.5 Å². The zero-order valence-electron chi connectivity index (χ0n) is 19.9. The van der Waals surface area contributed by atoms with E-state index in [-0.39, 0.29) is 30.9 Å². The summed E-state index contributed by atoms with van der Waals surface area (Å²) >= 11 is 0. The van der Waals surface area contributed by atoms with E-state index in [1.807, 2.05) is 0 Å². The fourth-order valence-electron chi connectivity index (χ4n) is 2.99. The third-order valence-corrected chi connectivity index (χ3v) is 4.70. The van der Waals surface area contributed by atoms with Crippen molar-refractivity contribution in [1.29, 1.82) is 0 Å². The maximum atomic E-state index is 12.7. The minimum Gasteiger partial charge on any atom is -0.493 e. The van der Waals surface area contributed by atoms with Crippen molar-refractivity contribution in [1.82, 2.24) is 10.6 Å². The molecule has 208 valence electrons. The molecule has 0 saturated carbocycles. The van der Waals surface area contributed by atoms with Crippen LogP contribution in [0.2, 0.25) is 0 Å². The lowest BCUT2D eigenvalue weighted by atomic mass is 10.0. The van der Waals surface area contributed by atoms with E-state index < -0.39 is 55.1 Å². The number of rotatable bonds is 12. The molecular weight excluding hydrogens is 526 g/mol. The summed E-state index contributed by atoms with van der Waals surface area (Å²) < 4.78 is 87.4. The third-order valence-electron chi connectivity index (χ3n) is 4.70. The highest BCUT2D eigenvalue weighted by Crippen LogP contribution is 2.23. The predicted octanol–water partition coefficient (Wildman–Crippen LogP) is 3.94. The molecular formula is C24H24F6N2O6. The van der Waals surface area contributed by atoms with E-state index in [2.05, 4.69) is 15.4 Å². The summed E-state index contributed by atoms with van der Waals surface area (Å²) in [6.07, 6.45) is -10.5. The summed E-state index contributed by atoms with van der Waals surface area (Å²) in [4.78, 5) is 36.3. The number of alkyl halides is 6. The number of carbonyl (C=O) groups excluding carboxylic acids is 3. The van der Waals surface area contributed by atoms with Crippen molar-refractivity contribution in [3.05, 3.63) is 59.7 Å². The Morgan fingerprint density at radius 1 is 0.868 bits per heavy atom. The lowest BCUT2D eigenvalue weighted by molar-refractivity contribution is -0.274. The number of ether oxygens (including phenoxy) is 3. The van der Waals surface area contributed by atoms with E-state index in [9.17, 15) is 40.7 Å². The first-order chi connectivity index (χ1) is 17.7. The molecule has 0 heterocycles. The minimum absolute atomic E-state index is 0.0624. The summed E-state index contributed by atoms with van der Waals surface area (Å²) in [5.41, 5.74) is 0.466. The molecule has 0 aromatic heterocycles. The summed E-state index contributed by atoms with van der Waals surface area (Å²) in [6, 6.07) is 8.66. The molecule has 2 aromatic rings. The van der Waals surface area contributed by atoms with Crippen LogP contribution in [0.1, 0.15) is 29.3 Å². The zero-order chi connectivity index (χ0) is 28.3. The molecule has 2 aromatic carbocycles. The second kappa shape index (κ2) is 13.5. The summed E-state index contributed by atoms with van der Waals surface area (Å²) in [6.45, 7) is 0.398. The fraction of sp³-hybridized carbons (Fsp3) is 0.375. The molecule has 2 N–H and O–H groups in total. The summed E-state index contributed by atoms with van der Waals surface area (Å²) in [5.74, 6) is -2.29. The molecule has 1 atom stereocenters. The quantitative estimate of drug-likeness (QED) is 0.236. The molecule has 0 saturated heterocycles. The van der Waals surface area contributed by atoms with Crippen LogP contribution >= 0.6 is 0 Å². The Morgan fingerprint density at radius 3 is 2.03 bits per heavy atom. The largest absolute Gasteiger partial charge is 0.573 e. The Hall–Kier alpha value is -3.97. The normalized spacial score (nSPS) is 12.3. The van der Waals surface area contributed by atoms with Gasteiger partial charge in [-0.15, -0.1) is 13.2 Å². The molecule has 8 nitrogen and oxygen atoms in total. The Kier molecular flexibility index (Phi) is 10.8. The fourth-order valence-corrected chi connectivity index (χ4v) is 2.99. The van der Waals surface area contributed by atoms with Gasteiger partial charge >= 0.3 is 18.5 Å². The van der Waals surface area contributed by atoms with Crippen LogP contribution in [0.25, 0.3) is 0 Å². The summed E-state index contributed by atoms with van der Waals surface area (Å²) in [5, 5.41) is 4.99. The van der Waals surface area contributed by atoms with Crippen LogP contribution in [0, 0.1) is 0 Å². The highest BCUT2D eigenvalue weighted by molar-refractivity contribution is 5.97. The molecule has 0 radical (unpaired) electrons. The Labute approximate surface area is 213 Å². The molecule has 0 bridgehead atoms. The van der Waals surface area contributed by atoms with Crippen molar-refractivity contribution in [3.8, 4) is 11.5 Å². The molecule has 0 unspecified atom stereocenters. The molecule has 0 aliphatic carbocycles. The first-order valence-electron chi connectivity index (χ1n) is 11.1. The van der Waals surface area contributed by atoms with E-state index in [1.54, 1.807) is 0 Å². The van der Waals surface area contributed by atoms with Crippen LogP contribution in [0.15, 0.2) is 48.5 Å². The van der Waals surface area contributed by atoms with Crippen molar-refractivity contribution >= 4 is 17.8 Å². The average molecular weight is 550 g/mol. The second-order valence-electron chi connectivity index (χ2n) is 7.79. The number of nitrogens with one attached hydrogen (secondary N) is 2. The predicted molar refractivity (Wildman–Crippen MR) is 120 cm³/mol. The van der Waals surface area contributed by atoms with Gasteiger partial charge in [0, 0.05) is 18.9 Å². The summed E-state index contributed by atoms with van der Waals surface area (Å²) in [7, 11) is 0. The van der Waals surface area contributed by atoms with Gasteiger partial charge in [0.05, 0.1) is 19.6 Å². The van der Waals surface area contributed by atoms with Gasteiger partial charge in [0.15, 0.2) is 0 Å². The zero-order valence-corrected chi connectivity index (χ0v) is 19.9. The van der Waals surface area contributed by atoms with Gasteiger partial charge < -0.3 is 24.8 Å². The topological polar surface area (TPSA) is 103 Å². The highest BCUT2D eigenvalue weighted by Gasteiger charge is 2.31. The van der Waals surface area contributed by atoms with E-state index >= 15 is 0 Å². The van der Waals surface area contributed by atoms with Crippen molar-refractivity contribution < 1.29 is 54.9 Å². The molecule has 38 heavy (non-hydrogen) atoms. The molecule has 0 aliphatic rings. The van der Waals surface area contributed by atoms with Crippen LogP contribution in [0.3, 0.4) is 0 Å². The van der Waals surface area contributed by atoms with Crippen LogP contribution < -0.4 is 20.1 Å². The van der Waals surface area contributed by atoms with Crippen LogP contribution in [0.4, 0.5) is 26.3 Å². The number of hydrogen-bond acceptors (Lipinski definition) is 6. The molecule has 0 fully saturated rings. The van der Waals surface area contributed by atoms with Crippen molar-refractivity contribution in [3.63, 3.8) is 0 Å². The first kappa shape index (κ1) is 30.3. The van der Waals surface area contributed by atoms with Crippen molar-refractivity contribution in [2.75, 3.05) is 19.8 Å². The maximum Gasteiger partial charge on any atom is 0.573 e. The number of halogens is 6. The Balaban J connectivity index is 2.07. The van der Waals surface area contributed by atoms with Gasteiger partial charge in [-0.25, -0.2) is 0 Å². The van der Waals surface area contributed by atoms with Gasteiger partial charge in [0.1, 0.15) is 24.1 Å². The number of hydrogen-bond donors (Lipinski definition) is 2. The van der Waals surface area contributed by atoms with Crippen LogP contribution in [-0.4, -0.2) is 56.1 Å². The van der Waals surface area contributed by atoms with Gasteiger partial charge in [0.25, 0.3) is 5.91 Å². The van der Waals surface area contributed by atoms with Crippen LogP contribution in [-0.2, 0) is 20.7 Å².